The van der Waals surface area contributed by atoms with E-state index in [2.05, 4.69) is 5.32 Å². The molecule has 0 aromatic carbocycles. The summed E-state index contributed by atoms with van der Waals surface area (Å²) in [5, 5.41) is 20.5. The van der Waals surface area contributed by atoms with Crippen molar-refractivity contribution in [3.8, 4) is 0 Å². The summed E-state index contributed by atoms with van der Waals surface area (Å²) < 4.78 is 5.28. The summed E-state index contributed by atoms with van der Waals surface area (Å²) in [6, 6.07) is 1.34. The molecule has 1 aliphatic carbocycles. The van der Waals surface area contributed by atoms with E-state index in [4.69, 9.17) is 14.6 Å². The van der Waals surface area contributed by atoms with Crippen molar-refractivity contribution in [1.82, 2.24) is 10.2 Å². The Kier molecular flexibility index (Phi) is 4.29. The van der Waals surface area contributed by atoms with Crippen molar-refractivity contribution >= 4 is 12.0 Å². The van der Waals surface area contributed by atoms with E-state index in [-0.39, 0.29) is 30.8 Å². The van der Waals surface area contributed by atoms with Gasteiger partial charge in [-0.2, -0.15) is 0 Å². The highest BCUT2D eigenvalue weighted by Crippen LogP contribution is 2.26. The molecule has 20 heavy (non-hydrogen) atoms. The van der Waals surface area contributed by atoms with Crippen LogP contribution in [0.5, 0.6) is 0 Å². The Labute approximate surface area is 116 Å². The van der Waals surface area contributed by atoms with Gasteiger partial charge in [0.1, 0.15) is 17.1 Å². The second-order valence-electron chi connectivity index (χ2n) is 4.79. The van der Waals surface area contributed by atoms with Crippen LogP contribution in [0.2, 0.25) is 0 Å². The molecule has 1 aliphatic rings. The van der Waals surface area contributed by atoms with Gasteiger partial charge >= 0.3 is 12.0 Å². The monoisotopic (exact) mass is 282 g/mol. The number of carbonyl (C=O) groups is 2. The van der Waals surface area contributed by atoms with Crippen molar-refractivity contribution in [3.63, 3.8) is 0 Å². The number of aromatic carboxylic acids is 1. The molecule has 1 fully saturated rings. The molecule has 0 spiro atoms. The molecule has 0 aliphatic heterocycles. The molecule has 3 N–H and O–H groups in total. The van der Waals surface area contributed by atoms with E-state index in [0.717, 1.165) is 12.8 Å². The van der Waals surface area contributed by atoms with Crippen LogP contribution in [-0.2, 0) is 6.54 Å². The number of carboxylic acid groups (broad SMARTS) is 1. The third-order valence-electron chi connectivity index (χ3n) is 3.20. The average Bonchev–Trinajstić information content (AvgIpc) is 3.16. The number of aliphatic hydroxyl groups is 1. The number of urea groups is 1. The lowest BCUT2D eigenvalue weighted by molar-refractivity contribution is 0.0695. The molecule has 1 aromatic heterocycles. The van der Waals surface area contributed by atoms with Gasteiger partial charge in [-0.15, -0.1) is 0 Å². The first kappa shape index (κ1) is 14.4. The highest BCUT2D eigenvalue weighted by Gasteiger charge is 2.32. The SMILES string of the molecule is Cc1oc(CNC(=O)N(CCO)C2CC2)cc1C(=O)O. The minimum atomic E-state index is -1.05. The summed E-state index contributed by atoms with van der Waals surface area (Å²) >= 11 is 0. The number of hydrogen-bond acceptors (Lipinski definition) is 4. The third kappa shape index (κ3) is 3.30. The largest absolute Gasteiger partial charge is 0.478 e. The Morgan fingerprint density at radius 3 is 2.70 bits per heavy atom. The van der Waals surface area contributed by atoms with E-state index >= 15 is 0 Å². The lowest BCUT2D eigenvalue weighted by Gasteiger charge is -2.21. The zero-order chi connectivity index (χ0) is 14.7. The van der Waals surface area contributed by atoms with Crippen LogP contribution in [0.4, 0.5) is 4.79 Å². The van der Waals surface area contributed by atoms with Gasteiger partial charge in [-0.1, -0.05) is 0 Å². The minimum absolute atomic E-state index is 0.0764. The van der Waals surface area contributed by atoms with Gasteiger partial charge in [0.15, 0.2) is 0 Å². The molecule has 2 amide bonds. The van der Waals surface area contributed by atoms with Crippen LogP contribution in [0.15, 0.2) is 10.5 Å². The maximum Gasteiger partial charge on any atom is 0.339 e. The predicted octanol–water partition coefficient (Wildman–Crippen LogP) is 0.953. The zero-order valence-electron chi connectivity index (χ0n) is 11.3. The molecule has 0 atom stereocenters. The van der Waals surface area contributed by atoms with E-state index < -0.39 is 5.97 Å². The molecule has 1 heterocycles. The van der Waals surface area contributed by atoms with E-state index in [1.807, 2.05) is 0 Å². The van der Waals surface area contributed by atoms with Gasteiger partial charge in [0, 0.05) is 12.6 Å². The van der Waals surface area contributed by atoms with E-state index in [0.29, 0.717) is 18.1 Å². The fourth-order valence-electron chi connectivity index (χ4n) is 2.05. The van der Waals surface area contributed by atoms with E-state index in [1.165, 1.54) is 6.07 Å². The number of amides is 2. The van der Waals surface area contributed by atoms with E-state index in [1.54, 1.807) is 11.8 Å². The number of carboxylic acids is 1. The smallest absolute Gasteiger partial charge is 0.339 e. The van der Waals surface area contributed by atoms with E-state index in [9.17, 15) is 9.59 Å². The molecule has 7 nitrogen and oxygen atoms in total. The second kappa shape index (κ2) is 5.96. The summed E-state index contributed by atoms with van der Waals surface area (Å²) in [7, 11) is 0. The predicted molar refractivity (Wildman–Crippen MR) is 69.5 cm³/mol. The normalized spacial score (nSPS) is 14.1. The van der Waals surface area contributed by atoms with Crippen molar-refractivity contribution in [2.45, 2.75) is 32.4 Å². The standard InChI is InChI=1S/C13H18N2O5/c1-8-11(12(17)18)6-10(20-8)7-14-13(19)15(4-5-16)9-2-3-9/h6,9,16H,2-5,7H2,1H3,(H,14,19)(H,17,18). The summed E-state index contributed by atoms with van der Waals surface area (Å²) in [6.07, 6.45) is 1.91. The van der Waals surface area contributed by atoms with Gasteiger partial charge in [0.25, 0.3) is 0 Å². The Balaban J connectivity index is 1.92. The van der Waals surface area contributed by atoms with Crippen molar-refractivity contribution in [1.29, 1.82) is 0 Å². The molecule has 0 saturated heterocycles. The molecule has 0 unspecified atom stereocenters. The molecule has 0 bridgehead atoms. The summed E-state index contributed by atoms with van der Waals surface area (Å²) in [5.41, 5.74) is 0.101. The number of nitrogens with zero attached hydrogens (tertiary/aromatic N) is 1. The van der Waals surface area contributed by atoms with Crippen LogP contribution in [-0.4, -0.2) is 46.3 Å². The minimum Gasteiger partial charge on any atom is -0.478 e. The van der Waals surface area contributed by atoms with Gasteiger partial charge in [-0.3, -0.25) is 0 Å². The summed E-state index contributed by atoms with van der Waals surface area (Å²) in [4.78, 5) is 24.4. The molecular weight excluding hydrogens is 264 g/mol. The quantitative estimate of drug-likeness (QED) is 0.721. The van der Waals surface area contributed by atoms with Gasteiger partial charge in [0.2, 0.25) is 0 Å². The first-order chi connectivity index (χ1) is 9.52. The molecule has 1 saturated carbocycles. The lowest BCUT2D eigenvalue weighted by Crippen LogP contribution is -2.42. The zero-order valence-corrected chi connectivity index (χ0v) is 11.3. The fourth-order valence-corrected chi connectivity index (χ4v) is 2.05. The van der Waals surface area contributed by atoms with Crippen molar-refractivity contribution in [2.24, 2.45) is 0 Å². The van der Waals surface area contributed by atoms with Gasteiger partial charge in [-0.25, -0.2) is 9.59 Å². The van der Waals surface area contributed by atoms with Crippen LogP contribution in [0, 0.1) is 6.92 Å². The van der Waals surface area contributed by atoms with Crippen molar-refractivity contribution in [2.75, 3.05) is 13.2 Å². The molecule has 7 heteroatoms. The van der Waals surface area contributed by atoms with Crippen LogP contribution in [0.3, 0.4) is 0 Å². The third-order valence-corrected chi connectivity index (χ3v) is 3.20. The summed E-state index contributed by atoms with van der Waals surface area (Å²) in [5.74, 6) is -0.340. The number of aliphatic hydroxyl groups excluding tert-OH is 1. The Hall–Kier alpha value is -2.02. The number of rotatable bonds is 6. The topological polar surface area (TPSA) is 103 Å². The van der Waals surface area contributed by atoms with Gasteiger partial charge < -0.3 is 24.8 Å². The highest BCUT2D eigenvalue weighted by atomic mass is 16.4. The second-order valence-corrected chi connectivity index (χ2v) is 4.79. The highest BCUT2D eigenvalue weighted by molar-refractivity contribution is 5.88. The molecule has 1 aromatic rings. The van der Waals surface area contributed by atoms with Crippen molar-refractivity contribution in [3.05, 3.63) is 23.2 Å². The Bertz CT molecular complexity index is 507. The van der Waals surface area contributed by atoms with Crippen molar-refractivity contribution < 1.29 is 24.2 Å². The number of aryl methyl sites for hydroxylation is 1. The number of carbonyl (C=O) groups excluding carboxylic acids is 1. The Morgan fingerprint density at radius 2 is 2.20 bits per heavy atom. The molecular formula is C13H18N2O5. The van der Waals surface area contributed by atoms with Crippen LogP contribution >= 0.6 is 0 Å². The van der Waals surface area contributed by atoms with Gasteiger partial charge in [0.05, 0.1) is 13.2 Å². The lowest BCUT2D eigenvalue weighted by atomic mass is 10.2. The molecule has 0 radical (unpaired) electrons. The maximum atomic E-state index is 12.0. The van der Waals surface area contributed by atoms with Crippen LogP contribution in [0.25, 0.3) is 0 Å². The number of nitrogens with one attached hydrogen (secondary N) is 1. The Morgan fingerprint density at radius 1 is 1.50 bits per heavy atom. The fraction of sp³-hybridized carbons (Fsp3) is 0.538. The summed E-state index contributed by atoms with van der Waals surface area (Å²) in [6.45, 7) is 1.92. The first-order valence-corrected chi connectivity index (χ1v) is 6.51. The van der Waals surface area contributed by atoms with Gasteiger partial charge in [-0.05, 0) is 25.8 Å². The maximum absolute atomic E-state index is 12.0. The first-order valence-electron chi connectivity index (χ1n) is 6.51. The molecule has 2 rings (SSSR count). The van der Waals surface area contributed by atoms with Crippen LogP contribution in [0.1, 0.15) is 34.7 Å². The number of furan rings is 1. The van der Waals surface area contributed by atoms with Crippen LogP contribution < -0.4 is 5.32 Å². The number of hydrogen-bond donors (Lipinski definition) is 3. The molecule has 110 valence electrons. The average molecular weight is 282 g/mol.